The summed E-state index contributed by atoms with van der Waals surface area (Å²) in [4.78, 5) is 13.8. The Labute approximate surface area is 104 Å². The molecule has 0 aromatic rings. The number of likely N-dealkylation sites (tertiary alicyclic amines) is 1. The van der Waals surface area contributed by atoms with Gasteiger partial charge in [-0.15, -0.1) is 0 Å². The highest BCUT2D eigenvalue weighted by Gasteiger charge is 2.20. The molecule has 1 rings (SSSR count). The topological polar surface area (TPSA) is 64.6 Å². The predicted molar refractivity (Wildman–Crippen MR) is 67.8 cm³/mol. The molecule has 0 saturated carbocycles. The number of nitrogens with zero attached hydrogens (tertiary/aromatic N) is 1. The molecule has 17 heavy (non-hydrogen) atoms. The van der Waals surface area contributed by atoms with Crippen molar-refractivity contribution in [1.82, 2.24) is 15.5 Å². The fourth-order valence-corrected chi connectivity index (χ4v) is 2.08. The van der Waals surface area contributed by atoms with E-state index in [1.54, 1.807) is 6.92 Å². The zero-order valence-electron chi connectivity index (χ0n) is 10.9. The highest BCUT2D eigenvalue weighted by atomic mass is 16.3. The summed E-state index contributed by atoms with van der Waals surface area (Å²) in [5, 5.41) is 15.4. The van der Waals surface area contributed by atoms with Crippen molar-refractivity contribution in [2.45, 2.75) is 38.3 Å². The average Bonchev–Trinajstić information content (AvgIpc) is 2.34. The van der Waals surface area contributed by atoms with E-state index in [4.69, 9.17) is 5.11 Å². The van der Waals surface area contributed by atoms with E-state index < -0.39 is 0 Å². The van der Waals surface area contributed by atoms with Gasteiger partial charge in [-0.25, -0.2) is 0 Å². The van der Waals surface area contributed by atoms with E-state index in [1.165, 1.54) is 0 Å². The van der Waals surface area contributed by atoms with Crippen LogP contribution in [0.2, 0.25) is 0 Å². The molecule has 0 aliphatic carbocycles. The lowest BCUT2D eigenvalue weighted by atomic mass is 10.1. The predicted octanol–water partition coefficient (Wildman–Crippen LogP) is -0.443. The molecule has 1 aliphatic heterocycles. The molecule has 0 bridgehead atoms. The first kappa shape index (κ1) is 14.4. The molecule has 100 valence electrons. The summed E-state index contributed by atoms with van der Waals surface area (Å²) in [6, 6.07) is 0.562. The average molecular weight is 243 g/mol. The molecule has 1 saturated heterocycles. The van der Waals surface area contributed by atoms with E-state index in [1.807, 2.05) is 11.9 Å². The Kier molecular flexibility index (Phi) is 6.47. The van der Waals surface area contributed by atoms with Crippen LogP contribution in [0.3, 0.4) is 0 Å². The first-order chi connectivity index (χ1) is 8.13. The molecule has 3 N–H and O–H groups in total. The summed E-state index contributed by atoms with van der Waals surface area (Å²) in [6.45, 7) is 4.66. The van der Waals surface area contributed by atoms with Gasteiger partial charge in [0.1, 0.15) is 0 Å². The van der Waals surface area contributed by atoms with Gasteiger partial charge in [-0.3, -0.25) is 4.79 Å². The van der Waals surface area contributed by atoms with Crippen LogP contribution >= 0.6 is 0 Å². The van der Waals surface area contributed by atoms with Crippen molar-refractivity contribution in [3.05, 3.63) is 0 Å². The Morgan fingerprint density at radius 1 is 1.47 bits per heavy atom. The van der Waals surface area contributed by atoms with Gasteiger partial charge < -0.3 is 20.6 Å². The Morgan fingerprint density at radius 3 is 2.65 bits per heavy atom. The molecule has 0 aromatic carbocycles. The van der Waals surface area contributed by atoms with Gasteiger partial charge in [0.25, 0.3) is 0 Å². The molecule has 0 spiro atoms. The van der Waals surface area contributed by atoms with Crippen LogP contribution in [0.1, 0.15) is 26.2 Å². The minimum absolute atomic E-state index is 0.220. The van der Waals surface area contributed by atoms with Crippen molar-refractivity contribution < 1.29 is 9.90 Å². The standard InChI is InChI=1S/C12H25N3O2/c1-10(16)9-14-6-3-12(17)15-7-4-11(13-2)5-8-15/h10-11,13-14,16H,3-9H2,1-2H3. The van der Waals surface area contributed by atoms with E-state index in [0.29, 0.717) is 25.6 Å². The molecule has 1 heterocycles. The summed E-state index contributed by atoms with van der Waals surface area (Å²) in [5.74, 6) is 0.220. The number of rotatable bonds is 6. The van der Waals surface area contributed by atoms with Gasteiger partial charge in [-0.2, -0.15) is 0 Å². The molecule has 5 nitrogen and oxygen atoms in total. The third-order valence-corrected chi connectivity index (χ3v) is 3.21. The Balaban J connectivity index is 2.12. The fourth-order valence-electron chi connectivity index (χ4n) is 2.08. The minimum atomic E-state index is -0.350. The van der Waals surface area contributed by atoms with Crippen molar-refractivity contribution in [1.29, 1.82) is 0 Å². The van der Waals surface area contributed by atoms with Crippen molar-refractivity contribution in [2.24, 2.45) is 0 Å². The molecule has 1 atom stereocenters. The van der Waals surface area contributed by atoms with Crippen molar-refractivity contribution in [3.63, 3.8) is 0 Å². The van der Waals surface area contributed by atoms with Crippen LogP contribution in [0.5, 0.6) is 0 Å². The lowest BCUT2D eigenvalue weighted by molar-refractivity contribution is -0.132. The molecule has 1 aliphatic rings. The summed E-state index contributed by atoms with van der Waals surface area (Å²) >= 11 is 0. The molecule has 1 amide bonds. The lowest BCUT2D eigenvalue weighted by Crippen LogP contribution is -2.44. The van der Waals surface area contributed by atoms with Crippen LogP contribution in [-0.2, 0) is 4.79 Å². The molecule has 0 aromatic heterocycles. The number of hydrogen-bond acceptors (Lipinski definition) is 4. The van der Waals surface area contributed by atoms with Gasteiger partial charge in [0.2, 0.25) is 5.91 Å². The summed E-state index contributed by atoms with van der Waals surface area (Å²) < 4.78 is 0. The fraction of sp³-hybridized carbons (Fsp3) is 0.917. The molecular formula is C12H25N3O2. The van der Waals surface area contributed by atoms with Crippen molar-refractivity contribution in [2.75, 3.05) is 33.2 Å². The quantitative estimate of drug-likeness (QED) is 0.553. The van der Waals surface area contributed by atoms with Crippen LogP contribution in [0.4, 0.5) is 0 Å². The summed E-state index contributed by atoms with van der Waals surface area (Å²) in [5.41, 5.74) is 0. The van der Waals surface area contributed by atoms with E-state index in [-0.39, 0.29) is 12.0 Å². The van der Waals surface area contributed by atoms with E-state index in [0.717, 1.165) is 25.9 Å². The second kappa shape index (κ2) is 7.63. The molecule has 1 fully saturated rings. The van der Waals surface area contributed by atoms with Gasteiger partial charge in [-0.05, 0) is 26.8 Å². The van der Waals surface area contributed by atoms with Crippen LogP contribution in [0.15, 0.2) is 0 Å². The number of aliphatic hydroxyl groups is 1. The minimum Gasteiger partial charge on any atom is -0.392 e. The van der Waals surface area contributed by atoms with Gasteiger partial charge in [0.15, 0.2) is 0 Å². The summed E-state index contributed by atoms with van der Waals surface area (Å²) in [7, 11) is 1.97. The van der Waals surface area contributed by atoms with Crippen LogP contribution in [0, 0.1) is 0 Å². The number of amides is 1. The highest BCUT2D eigenvalue weighted by molar-refractivity contribution is 5.76. The van der Waals surface area contributed by atoms with E-state index in [2.05, 4.69) is 10.6 Å². The van der Waals surface area contributed by atoms with Gasteiger partial charge in [-0.1, -0.05) is 0 Å². The monoisotopic (exact) mass is 243 g/mol. The number of carbonyl (C=O) groups is 1. The SMILES string of the molecule is CNC1CCN(C(=O)CCNCC(C)O)CC1. The third kappa shape index (κ3) is 5.48. The number of nitrogens with one attached hydrogen (secondary N) is 2. The Morgan fingerprint density at radius 2 is 2.12 bits per heavy atom. The zero-order chi connectivity index (χ0) is 12.7. The number of hydrogen-bond donors (Lipinski definition) is 3. The zero-order valence-corrected chi connectivity index (χ0v) is 10.9. The normalized spacial score (nSPS) is 19.4. The first-order valence-electron chi connectivity index (χ1n) is 6.47. The van der Waals surface area contributed by atoms with Crippen LogP contribution in [-0.4, -0.2) is 61.3 Å². The van der Waals surface area contributed by atoms with Crippen molar-refractivity contribution in [3.8, 4) is 0 Å². The van der Waals surface area contributed by atoms with Crippen molar-refractivity contribution >= 4 is 5.91 Å². The van der Waals surface area contributed by atoms with Crippen LogP contribution in [0.25, 0.3) is 0 Å². The molecular weight excluding hydrogens is 218 g/mol. The maximum absolute atomic E-state index is 11.8. The maximum atomic E-state index is 11.8. The number of carbonyl (C=O) groups excluding carboxylic acids is 1. The lowest BCUT2D eigenvalue weighted by Gasteiger charge is -2.31. The third-order valence-electron chi connectivity index (χ3n) is 3.21. The molecule has 1 unspecified atom stereocenters. The van der Waals surface area contributed by atoms with Crippen LogP contribution < -0.4 is 10.6 Å². The largest absolute Gasteiger partial charge is 0.392 e. The number of aliphatic hydroxyl groups excluding tert-OH is 1. The smallest absolute Gasteiger partial charge is 0.223 e. The van der Waals surface area contributed by atoms with E-state index in [9.17, 15) is 4.79 Å². The first-order valence-corrected chi connectivity index (χ1v) is 6.47. The Hall–Kier alpha value is -0.650. The van der Waals surface area contributed by atoms with Gasteiger partial charge in [0, 0.05) is 38.6 Å². The van der Waals surface area contributed by atoms with E-state index >= 15 is 0 Å². The second-order valence-corrected chi connectivity index (χ2v) is 4.75. The van der Waals surface area contributed by atoms with Gasteiger partial charge in [0.05, 0.1) is 6.10 Å². The highest BCUT2D eigenvalue weighted by Crippen LogP contribution is 2.10. The molecule has 0 radical (unpaired) electrons. The number of piperidine rings is 1. The van der Waals surface area contributed by atoms with Gasteiger partial charge >= 0.3 is 0 Å². The summed E-state index contributed by atoms with van der Waals surface area (Å²) in [6.07, 6.45) is 2.26. The molecule has 5 heteroatoms. The Bertz CT molecular complexity index is 226. The second-order valence-electron chi connectivity index (χ2n) is 4.75. The maximum Gasteiger partial charge on any atom is 0.223 e.